The van der Waals surface area contributed by atoms with Crippen LogP contribution in [0.3, 0.4) is 0 Å². The first-order valence-electron chi connectivity index (χ1n) is 8.96. The minimum absolute atomic E-state index is 0.0438. The average molecular weight is 356 g/mol. The van der Waals surface area contributed by atoms with Crippen LogP contribution < -0.4 is 0 Å². The topological polar surface area (TPSA) is 60.7 Å². The van der Waals surface area contributed by atoms with E-state index >= 15 is 0 Å². The third-order valence-corrected chi connectivity index (χ3v) is 4.54. The molecule has 0 amide bonds. The van der Waals surface area contributed by atoms with Crippen molar-refractivity contribution in [3.05, 3.63) is 72.2 Å². The van der Waals surface area contributed by atoms with Gasteiger partial charge in [0, 0.05) is 23.6 Å². The summed E-state index contributed by atoms with van der Waals surface area (Å²) < 4.78 is 1.85. The first-order valence-corrected chi connectivity index (χ1v) is 8.96. The van der Waals surface area contributed by atoms with E-state index in [0.717, 1.165) is 33.7 Å². The molecule has 0 fully saturated rings. The van der Waals surface area contributed by atoms with Crippen molar-refractivity contribution >= 4 is 16.7 Å². The SMILES string of the molecule is CC(=O)c1cccc(-c2ccc3cnn(-c4cccc(C(C)C)n4)c3c2)n1. The molecule has 0 N–H and O–H groups in total. The van der Waals surface area contributed by atoms with Gasteiger partial charge in [-0.2, -0.15) is 5.10 Å². The number of rotatable bonds is 4. The second-order valence-electron chi connectivity index (χ2n) is 6.87. The van der Waals surface area contributed by atoms with Crippen molar-refractivity contribution in [3.8, 4) is 17.1 Å². The monoisotopic (exact) mass is 356 g/mol. The molecule has 0 spiro atoms. The van der Waals surface area contributed by atoms with Crippen LogP contribution in [0.5, 0.6) is 0 Å². The van der Waals surface area contributed by atoms with Gasteiger partial charge in [0.15, 0.2) is 11.6 Å². The first-order chi connectivity index (χ1) is 13.0. The van der Waals surface area contributed by atoms with Gasteiger partial charge in [-0.15, -0.1) is 0 Å². The zero-order valence-corrected chi connectivity index (χ0v) is 15.5. The van der Waals surface area contributed by atoms with Crippen molar-refractivity contribution in [2.75, 3.05) is 0 Å². The molecule has 5 nitrogen and oxygen atoms in total. The molecule has 3 aromatic heterocycles. The van der Waals surface area contributed by atoms with Crippen molar-refractivity contribution in [3.63, 3.8) is 0 Å². The Labute approximate surface area is 157 Å². The Morgan fingerprint density at radius 3 is 2.59 bits per heavy atom. The Morgan fingerprint density at radius 2 is 1.81 bits per heavy atom. The molecular formula is C22H20N4O. The number of Topliss-reactive ketones (excluding diaryl/α,β-unsaturated/α-hetero) is 1. The number of nitrogens with zero attached hydrogens (tertiary/aromatic N) is 4. The largest absolute Gasteiger partial charge is 0.293 e. The molecule has 0 saturated heterocycles. The molecule has 4 rings (SSSR count). The third-order valence-electron chi connectivity index (χ3n) is 4.54. The van der Waals surface area contributed by atoms with Crippen molar-refractivity contribution < 1.29 is 4.79 Å². The van der Waals surface area contributed by atoms with Gasteiger partial charge in [0.05, 0.1) is 17.4 Å². The summed E-state index contributed by atoms with van der Waals surface area (Å²) in [5.41, 5.74) is 4.15. The number of carbonyl (C=O) groups is 1. The van der Waals surface area contributed by atoms with Crippen LogP contribution in [0.25, 0.3) is 28.0 Å². The average Bonchev–Trinajstić information content (AvgIpc) is 3.11. The van der Waals surface area contributed by atoms with Crippen LogP contribution in [0.2, 0.25) is 0 Å². The zero-order chi connectivity index (χ0) is 19.0. The summed E-state index contributed by atoms with van der Waals surface area (Å²) in [5.74, 6) is 1.09. The highest BCUT2D eigenvalue weighted by Crippen LogP contribution is 2.25. The number of fused-ring (bicyclic) bond motifs is 1. The van der Waals surface area contributed by atoms with E-state index in [2.05, 4.69) is 23.9 Å². The number of carbonyl (C=O) groups excluding carboxylic acids is 1. The molecule has 0 radical (unpaired) electrons. The number of aromatic nitrogens is 4. The number of ketones is 1. The Bertz CT molecular complexity index is 1140. The molecule has 0 aliphatic rings. The van der Waals surface area contributed by atoms with Crippen LogP contribution in [0.15, 0.2) is 60.8 Å². The van der Waals surface area contributed by atoms with Gasteiger partial charge < -0.3 is 0 Å². The van der Waals surface area contributed by atoms with Gasteiger partial charge in [-0.1, -0.05) is 38.1 Å². The van der Waals surface area contributed by atoms with E-state index < -0.39 is 0 Å². The van der Waals surface area contributed by atoms with E-state index in [1.165, 1.54) is 6.92 Å². The second-order valence-corrected chi connectivity index (χ2v) is 6.87. The van der Waals surface area contributed by atoms with Gasteiger partial charge >= 0.3 is 0 Å². The first kappa shape index (κ1) is 17.1. The predicted octanol–water partition coefficient (Wildman–Crippen LogP) is 4.81. The summed E-state index contributed by atoms with van der Waals surface area (Å²) in [6.45, 7) is 5.77. The fourth-order valence-electron chi connectivity index (χ4n) is 3.03. The summed E-state index contributed by atoms with van der Waals surface area (Å²) in [4.78, 5) is 20.9. The Hall–Kier alpha value is -3.34. The third kappa shape index (κ3) is 3.24. The zero-order valence-electron chi connectivity index (χ0n) is 15.5. The molecule has 27 heavy (non-hydrogen) atoms. The van der Waals surface area contributed by atoms with Gasteiger partial charge in [0.25, 0.3) is 0 Å². The smallest absolute Gasteiger partial charge is 0.178 e. The van der Waals surface area contributed by atoms with Crippen molar-refractivity contribution in [2.24, 2.45) is 0 Å². The van der Waals surface area contributed by atoms with Gasteiger partial charge in [-0.25, -0.2) is 14.6 Å². The Kier molecular flexibility index (Phi) is 4.28. The predicted molar refractivity (Wildman–Crippen MR) is 106 cm³/mol. The standard InChI is InChI=1S/C22H20N4O/c1-14(2)18-6-5-9-22(25-18)26-21-12-16(10-11-17(21)13-23-26)20-8-4-7-19(24-20)15(3)27/h4-14H,1-3H3. The normalized spacial score (nSPS) is 11.3. The number of hydrogen-bond donors (Lipinski definition) is 0. The van der Waals surface area contributed by atoms with Crippen molar-refractivity contribution in [1.82, 2.24) is 19.7 Å². The van der Waals surface area contributed by atoms with Crippen LogP contribution in [0.4, 0.5) is 0 Å². The summed E-state index contributed by atoms with van der Waals surface area (Å²) in [6.07, 6.45) is 1.84. The minimum Gasteiger partial charge on any atom is -0.293 e. The van der Waals surface area contributed by atoms with E-state index in [0.29, 0.717) is 11.6 Å². The van der Waals surface area contributed by atoms with Crippen LogP contribution in [-0.4, -0.2) is 25.5 Å². The van der Waals surface area contributed by atoms with E-state index in [-0.39, 0.29) is 5.78 Å². The molecule has 0 aliphatic heterocycles. The fraction of sp³-hybridized carbons (Fsp3) is 0.182. The summed E-state index contributed by atoms with van der Waals surface area (Å²) >= 11 is 0. The molecule has 4 aromatic rings. The second kappa shape index (κ2) is 6.76. The minimum atomic E-state index is -0.0438. The molecule has 134 valence electrons. The molecule has 0 unspecified atom stereocenters. The number of benzene rings is 1. The lowest BCUT2D eigenvalue weighted by Gasteiger charge is -2.09. The van der Waals surface area contributed by atoms with Crippen LogP contribution >= 0.6 is 0 Å². The number of pyridine rings is 2. The van der Waals surface area contributed by atoms with E-state index in [1.807, 2.05) is 59.4 Å². The van der Waals surface area contributed by atoms with Crippen LogP contribution in [0, 0.1) is 0 Å². The van der Waals surface area contributed by atoms with Gasteiger partial charge in [-0.3, -0.25) is 4.79 Å². The van der Waals surface area contributed by atoms with E-state index in [9.17, 15) is 4.79 Å². The molecule has 1 aromatic carbocycles. The van der Waals surface area contributed by atoms with Crippen molar-refractivity contribution in [1.29, 1.82) is 0 Å². The lowest BCUT2D eigenvalue weighted by molar-refractivity contribution is 0.101. The van der Waals surface area contributed by atoms with Gasteiger partial charge in [-0.05, 0) is 36.2 Å². The summed E-state index contributed by atoms with van der Waals surface area (Å²) in [6, 6.07) is 17.5. The van der Waals surface area contributed by atoms with E-state index in [1.54, 1.807) is 6.07 Å². The number of hydrogen-bond acceptors (Lipinski definition) is 4. The lowest BCUT2D eigenvalue weighted by Crippen LogP contribution is -2.02. The molecule has 3 heterocycles. The lowest BCUT2D eigenvalue weighted by atomic mass is 10.1. The highest BCUT2D eigenvalue weighted by molar-refractivity contribution is 5.93. The van der Waals surface area contributed by atoms with Crippen LogP contribution in [-0.2, 0) is 0 Å². The maximum atomic E-state index is 11.6. The highest BCUT2D eigenvalue weighted by atomic mass is 16.1. The van der Waals surface area contributed by atoms with Crippen molar-refractivity contribution in [2.45, 2.75) is 26.7 Å². The highest BCUT2D eigenvalue weighted by Gasteiger charge is 2.11. The molecule has 0 saturated carbocycles. The Balaban J connectivity index is 1.84. The molecule has 0 aliphatic carbocycles. The summed E-state index contributed by atoms with van der Waals surface area (Å²) in [7, 11) is 0. The summed E-state index contributed by atoms with van der Waals surface area (Å²) in [5, 5.41) is 5.55. The van der Waals surface area contributed by atoms with Gasteiger partial charge in [0.1, 0.15) is 5.69 Å². The fourth-order valence-corrected chi connectivity index (χ4v) is 3.03. The Morgan fingerprint density at radius 1 is 1.00 bits per heavy atom. The maximum Gasteiger partial charge on any atom is 0.178 e. The molecular weight excluding hydrogens is 336 g/mol. The molecule has 5 heteroatoms. The quantitative estimate of drug-likeness (QED) is 0.492. The maximum absolute atomic E-state index is 11.6. The molecule has 0 atom stereocenters. The van der Waals surface area contributed by atoms with E-state index in [4.69, 9.17) is 4.98 Å². The van der Waals surface area contributed by atoms with Crippen LogP contribution in [0.1, 0.15) is 42.9 Å². The van der Waals surface area contributed by atoms with Gasteiger partial charge in [0.2, 0.25) is 0 Å². The molecule has 0 bridgehead atoms.